The molecule has 9 heteroatoms. The molecule has 1 N–H and O–H groups in total. The summed E-state index contributed by atoms with van der Waals surface area (Å²) in [7, 11) is 5.95. The molecule has 0 aliphatic heterocycles. The second-order valence-electron chi connectivity index (χ2n) is 23.4. The number of nitrogens with zero attached hydrogens (tertiary/aromatic N) is 1. The molecule has 0 aliphatic carbocycles. The van der Waals surface area contributed by atoms with Crippen molar-refractivity contribution < 1.29 is 42.9 Å². The van der Waals surface area contributed by atoms with Crippen molar-refractivity contribution in [2.45, 2.75) is 245 Å². The van der Waals surface area contributed by atoms with Crippen LogP contribution < -0.4 is 0 Å². The second-order valence-corrected chi connectivity index (χ2v) is 23.4. The Balaban J connectivity index is 4.28. The van der Waals surface area contributed by atoms with Crippen molar-refractivity contribution >= 4 is 17.9 Å². The molecule has 0 rings (SSSR count). The van der Waals surface area contributed by atoms with Crippen LogP contribution in [0.15, 0.2) is 194 Å². The van der Waals surface area contributed by atoms with Crippen LogP contribution in [0.4, 0.5) is 0 Å². The van der Waals surface area contributed by atoms with E-state index in [2.05, 4.69) is 208 Å². The highest BCUT2D eigenvalue weighted by Crippen LogP contribution is 2.14. The molecule has 0 aromatic heterocycles. The number of carboxylic acid groups (broad SMARTS) is 1. The lowest BCUT2D eigenvalue weighted by Gasteiger charge is -2.25. The lowest BCUT2D eigenvalue weighted by molar-refractivity contribution is -0.870. The molecule has 2 atom stereocenters. The van der Waals surface area contributed by atoms with Gasteiger partial charge in [0.15, 0.2) is 6.10 Å². The van der Waals surface area contributed by atoms with Gasteiger partial charge >= 0.3 is 17.9 Å². The molecular formula is C80H126NO8+. The van der Waals surface area contributed by atoms with Crippen LogP contribution in [0.25, 0.3) is 0 Å². The molecule has 0 aromatic rings. The van der Waals surface area contributed by atoms with Gasteiger partial charge in [0.05, 0.1) is 34.4 Å². The summed E-state index contributed by atoms with van der Waals surface area (Å²) >= 11 is 0. The third-order valence-electron chi connectivity index (χ3n) is 13.8. The third-order valence-corrected chi connectivity index (χ3v) is 13.8. The number of unbranched alkanes of at least 4 members (excludes halogenated alkanes) is 14. The first-order valence-electron chi connectivity index (χ1n) is 34.6. The van der Waals surface area contributed by atoms with Crippen LogP contribution >= 0.6 is 0 Å². The number of carboxylic acids is 1. The van der Waals surface area contributed by atoms with E-state index in [0.717, 1.165) is 173 Å². The molecule has 498 valence electrons. The SMILES string of the molecule is CC/C=C\C/C=C\C/C=C\C/C=C\C/C=C\C/C=C\C/C=C\C/C=C\CCCCCCCCCCC(=O)OC(COC(=O)CCCCCCCC/C=C\C/C=C\C/C=C\C/C=C\C/C=C\C/C=C\C/C=C\C/C=C\CC)COC(OCC[N+](C)(C)C)C(=O)O. The topological polar surface area (TPSA) is 108 Å². The Kier molecular flexibility index (Phi) is 63.6. The summed E-state index contributed by atoms with van der Waals surface area (Å²) in [4.78, 5) is 37.6. The summed E-state index contributed by atoms with van der Waals surface area (Å²) in [6.45, 7) is 4.59. The van der Waals surface area contributed by atoms with Gasteiger partial charge in [-0.25, -0.2) is 4.79 Å². The van der Waals surface area contributed by atoms with Crippen molar-refractivity contribution in [3.8, 4) is 0 Å². The summed E-state index contributed by atoms with van der Waals surface area (Å²) < 4.78 is 22.9. The average molecular weight is 1230 g/mol. The van der Waals surface area contributed by atoms with Crippen molar-refractivity contribution in [1.82, 2.24) is 0 Å². The van der Waals surface area contributed by atoms with E-state index in [1.807, 2.05) is 21.1 Å². The molecule has 0 spiro atoms. The Labute approximate surface area is 544 Å². The van der Waals surface area contributed by atoms with Gasteiger partial charge in [-0.3, -0.25) is 9.59 Å². The van der Waals surface area contributed by atoms with Crippen molar-refractivity contribution in [3.63, 3.8) is 0 Å². The molecule has 9 nitrogen and oxygen atoms in total. The molecule has 0 fully saturated rings. The minimum Gasteiger partial charge on any atom is -0.477 e. The van der Waals surface area contributed by atoms with E-state index >= 15 is 0 Å². The summed E-state index contributed by atoms with van der Waals surface area (Å²) in [5.41, 5.74) is 0. The summed E-state index contributed by atoms with van der Waals surface area (Å²) in [6.07, 6.45) is 102. The number of allylic oxidation sites excluding steroid dienone is 32. The Hall–Kier alpha value is -5.87. The maximum atomic E-state index is 12.9. The molecule has 0 aromatic carbocycles. The van der Waals surface area contributed by atoms with Crippen LogP contribution in [-0.4, -0.2) is 87.4 Å². The normalized spacial score (nSPS) is 13.9. The number of esters is 2. The van der Waals surface area contributed by atoms with Crippen LogP contribution in [0.1, 0.15) is 232 Å². The number of likely N-dealkylation sites (N-methyl/N-ethyl adjacent to an activating group) is 1. The molecule has 2 unspecified atom stereocenters. The predicted octanol–water partition coefficient (Wildman–Crippen LogP) is 21.8. The zero-order chi connectivity index (χ0) is 64.7. The molecule has 0 amide bonds. The molecule has 0 aliphatic rings. The Morgan fingerprint density at radius 3 is 0.899 bits per heavy atom. The molecule has 0 heterocycles. The minimum absolute atomic E-state index is 0.172. The number of carbonyl (C=O) groups is 3. The monoisotopic (exact) mass is 1230 g/mol. The van der Waals surface area contributed by atoms with E-state index in [9.17, 15) is 19.5 Å². The lowest BCUT2D eigenvalue weighted by atomic mass is 10.1. The Morgan fingerprint density at radius 2 is 0.607 bits per heavy atom. The molecule has 0 bridgehead atoms. The molecule has 89 heavy (non-hydrogen) atoms. The van der Waals surface area contributed by atoms with Gasteiger partial charge in [0.2, 0.25) is 0 Å². The first-order valence-corrected chi connectivity index (χ1v) is 34.6. The fourth-order valence-corrected chi connectivity index (χ4v) is 8.63. The lowest BCUT2D eigenvalue weighted by Crippen LogP contribution is -2.40. The van der Waals surface area contributed by atoms with Gasteiger partial charge in [0.1, 0.15) is 13.2 Å². The standard InChI is InChI=1S/C80H125NO8/c1-6-8-10-12-14-16-18-20-22-24-26-28-30-32-34-36-38-39-41-43-45-47-49-51-53-55-57-59-61-63-65-67-69-71-78(83)89-76(75-88-80(79(84)85)86-73-72-81(3,4)5)74-87-77(82)70-68-66-64-62-60-58-56-54-52-50-48-46-44-42-40-37-35-33-31-29-27-25-23-21-19-17-15-13-11-9-7-2/h8-11,14-17,20-23,26-29,32-35,38-40,42-43,45-46,48-49,51-52,54,76,80H,6-7,12-13,18-19,24-25,30-31,36-37,41,44,47,50,53,55-75H2,1-5H3/p+1/b10-8-,11-9-,16-14-,17-15-,22-20-,23-21-,28-26-,29-27-,34-32-,35-33-,39-38-,42-40-,45-43-,48-46-,51-49-,54-52-. The van der Waals surface area contributed by atoms with Gasteiger partial charge in [0.25, 0.3) is 6.29 Å². The Morgan fingerprint density at radius 1 is 0.337 bits per heavy atom. The summed E-state index contributed by atoms with van der Waals surface area (Å²) in [6, 6.07) is 0. The maximum absolute atomic E-state index is 12.9. The van der Waals surface area contributed by atoms with Gasteiger partial charge in [-0.2, -0.15) is 0 Å². The van der Waals surface area contributed by atoms with Crippen molar-refractivity contribution in [1.29, 1.82) is 0 Å². The van der Waals surface area contributed by atoms with Crippen LogP contribution in [0, 0.1) is 0 Å². The van der Waals surface area contributed by atoms with Crippen LogP contribution in [-0.2, 0) is 33.3 Å². The van der Waals surface area contributed by atoms with Gasteiger partial charge in [-0.05, 0) is 141 Å². The van der Waals surface area contributed by atoms with E-state index < -0.39 is 24.3 Å². The van der Waals surface area contributed by atoms with Crippen LogP contribution in [0.5, 0.6) is 0 Å². The van der Waals surface area contributed by atoms with Gasteiger partial charge in [-0.1, -0.05) is 272 Å². The maximum Gasteiger partial charge on any atom is 0.361 e. The number of quaternary nitrogens is 1. The zero-order valence-corrected chi connectivity index (χ0v) is 56.8. The quantitative estimate of drug-likeness (QED) is 0.0211. The smallest absolute Gasteiger partial charge is 0.361 e. The van der Waals surface area contributed by atoms with Crippen molar-refractivity contribution in [2.75, 3.05) is 47.5 Å². The summed E-state index contributed by atoms with van der Waals surface area (Å²) in [5, 5.41) is 9.75. The minimum atomic E-state index is -1.53. The average Bonchev–Trinajstić information content (AvgIpc) is 3.64. The zero-order valence-electron chi connectivity index (χ0n) is 56.8. The van der Waals surface area contributed by atoms with Crippen molar-refractivity contribution in [3.05, 3.63) is 194 Å². The van der Waals surface area contributed by atoms with Crippen LogP contribution in [0.2, 0.25) is 0 Å². The van der Waals surface area contributed by atoms with Crippen LogP contribution in [0.3, 0.4) is 0 Å². The molecule has 0 radical (unpaired) electrons. The highest BCUT2D eigenvalue weighted by atomic mass is 16.7. The largest absolute Gasteiger partial charge is 0.477 e. The number of carbonyl (C=O) groups excluding carboxylic acids is 2. The number of aliphatic carboxylic acids is 1. The van der Waals surface area contributed by atoms with Gasteiger partial charge < -0.3 is 28.5 Å². The number of rotatable bonds is 61. The first kappa shape index (κ1) is 83.1. The van der Waals surface area contributed by atoms with Gasteiger partial charge in [0, 0.05) is 12.8 Å². The van der Waals surface area contributed by atoms with E-state index in [-0.39, 0.29) is 38.6 Å². The van der Waals surface area contributed by atoms with Crippen molar-refractivity contribution in [2.24, 2.45) is 0 Å². The number of hydrogen-bond acceptors (Lipinski definition) is 7. The van der Waals surface area contributed by atoms with Gasteiger partial charge in [-0.15, -0.1) is 0 Å². The number of ether oxygens (including phenoxy) is 4. The van der Waals surface area contributed by atoms with E-state index in [4.69, 9.17) is 18.9 Å². The number of hydrogen-bond donors (Lipinski definition) is 1. The fourth-order valence-electron chi connectivity index (χ4n) is 8.63. The fraction of sp³-hybridized carbons (Fsp3) is 0.562. The highest BCUT2D eigenvalue weighted by molar-refractivity contribution is 5.71. The second kappa shape index (κ2) is 68.0. The van der Waals surface area contributed by atoms with E-state index in [1.165, 1.54) is 25.7 Å². The molecule has 0 saturated carbocycles. The Bertz CT molecular complexity index is 2160. The summed E-state index contributed by atoms with van der Waals surface area (Å²) in [5.74, 6) is -2.06. The molecular weight excluding hydrogens is 1100 g/mol. The predicted molar refractivity (Wildman–Crippen MR) is 382 cm³/mol. The van der Waals surface area contributed by atoms with E-state index in [1.54, 1.807) is 0 Å². The van der Waals surface area contributed by atoms with E-state index in [0.29, 0.717) is 17.4 Å². The highest BCUT2D eigenvalue weighted by Gasteiger charge is 2.25. The third kappa shape index (κ3) is 69.5. The molecule has 0 saturated heterocycles. The first-order chi connectivity index (χ1) is 43.6.